The summed E-state index contributed by atoms with van der Waals surface area (Å²) >= 11 is 0. The van der Waals surface area contributed by atoms with Crippen LogP contribution in [0, 0.1) is 5.41 Å². The van der Waals surface area contributed by atoms with Crippen molar-refractivity contribution in [1.29, 1.82) is 0 Å². The number of aliphatic hydroxyl groups excluding tert-OH is 1. The highest BCUT2D eigenvalue weighted by Gasteiger charge is 2.47. The molecule has 1 aliphatic carbocycles. The number of hydrogen-bond donors (Lipinski definition) is 4. The molecule has 92 valence electrons. The molecule has 0 aromatic carbocycles. The summed E-state index contributed by atoms with van der Waals surface area (Å²) in [6.45, 7) is 5.51. The van der Waals surface area contributed by atoms with Crippen LogP contribution in [0.25, 0.3) is 0 Å². The van der Waals surface area contributed by atoms with E-state index in [0.29, 0.717) is 6.42 Å². The molecule has 0 aromatic heterocycles. The van der Waals surface area contributed by atoms with Crippen LogP contribution in [-0.4, -0.2) is 35.2 Å². The van der Waals surface area contributed by atoms with Gasteiger partial charge in [0.15, 0.2) is 0 Å². The molecule has 0 radical (unpaired) electrons. The van der Waals surface area contributed by atoms with E-state index in [-0.39, 0.29) is 17.6 Å². The van der Waals surface area contributed by atoms with Crippen molar-refractivity contribution in [2.24, 2.45) is 11.1 Å². The van der Waals surface area contributed by atoms with Gasteiger partial charge in [0.2, 0.25) is 5.91 Å². The summed E-state index contributed by atoms with van der Waals surface area (Å²) < 4.78 is 0. The number of imide groups is 1. The third-order valence-electron chi connectivity index (χ3n) is 3.31. The minimum Gasteiger partial charge on any atom is -0.392 e. The topological polar surface area (TPSA) is 104 Å². The van der Waals surface area contributed by atoms with E-state index < -0.39 is 18.0 Å². The van der Waals surface area contributed by atoms with Crippen LogP contribution >= 0.6 is 0 Å². The zero-order valence-electron chi connectivity index (χ0n) is 9.78. The Kier molecular flexibility index (Phi) is 3.54. The van der Waals surface area contributed by atoms with Crippen LogP contribution < -0.4 is 16.4 Å². The Morgan fingerprint density at radius 3 is 2.44 bits per heavy atom. The van der Waals surface area contributed by atoms with E-state index >= 15 is 0 Å². The first-order chi connectivity index (χ1) is 7.25. The van der Waals surface area contributed by atoms with Crippen molar-refractivity contribution in [3.8, 4) is 0 Å². The van der Waals surface area contributed by atoms with E-state index in [4.69, 9.17) is 5.73 Å². The molecule has 1 fully saturated rings. The van der Waals surface area contributed by atoms with Gasteiger partial charge in [-0.1, -0.05) is 13.8 Å². The Balaban J connectivity index is 2.44. The summed E-state index contributed by atoms with van der Waals surface area (Å²) in [6.07, 6.45) is 0.262. The summed E-state index contributed by atoms with van der Waals surface area (Å²) in [6, 6.07) is -1.30. The number of carbonyl (C=O) groups excluding carboxylic acids is 2. The third kappa shape index (κ3) is 2.51. The van der Waals surface area contributed by atoms with Gasteiger partial charge in [-0.05, 0) is 13.3 Å². The molecular formula is C10H19N3O3. The summed E-state index contributed by atoms with van der Waals surface area (Å²) in [5.74, 6) is -0.454. The van der Waals surface area contributed by atoms with Crippen LogP contribution in [0.5, 0.6) is 0 Å². The van der Waals surface area contributed by atoms with Gasteiger partial charge in [-0.3, -0.25) is 10.1 Å². The zero-order chi connectivity index (χ0) is 12.5. The molecule has 0 aromatic rings. The SMILES string of the molecule is CC(NC1CC(O)C1(C)C)C(=O)NC(N)=O. The standard InChI is InChI=1S/C10H19N3O3/c1-5(8(15)13-9(11)16)12-6-4-7(14)10(6,2)3/h5-7,12,14H,4H2,1-3H3,(H3,11,13,15,16). The van der Waals surface area contributed by atoms with E-state index in [1.165, 1.54) is 0 Å². The number of urea groups is 1. The largest absolute Gasteiger partial charge is 0.392 e. The molecule has 3 amide bonds. The quantitative estimate of drug-likeness (QED) is 0.514. The van der Waals surface area contributed by atoms with Gasteiger partial charge >= 0.3 is 6.03 Å². The Morgan fingerprint density at radius 2 is 2.06 bits per heavy atom. The monoisotopic (exact) mass is 229 g/mol. The Bertz CT molecular complexity index is 304. The van der Waals surface area contributed by atoms with Gasteiger partial charge in [-0.15, -0.1) is 0 Å². The lowest BCUT2D eigenvalue weighted by Gasteiger charge is -2.50. The van der Waals surface area contributed by atoms with E-state index in [1.807, 2.05) is 19.2 Å². The highest BCUT2D eigenvalue weighted by atomic mass is 16.3. The lowest BCUT2D eigenvalue weighted by molar-refractivity contribution is -0.124. The van der Waals surface area contributed by atoms with Gasteiger partial charge in [0.25, 0.3) is 0 Å². The van der Waals surface area contributed by atoms with Gasteiger partial charge in [0.05, 0.1) is 12.1 Å². The summed E-state index contributed by atoms with van der Waals surface area (Å²) in [5.41, 5.74) is 4.60. The fraction of sp³-hybridized carbons (Fsp3) is 0.800. The van der Waals surface area contributed by atoms with Crippen LogP contribution in [-0.2, 0) is 4.79 Å². The average molecular weight is 229 g/mol. The predicted octanol–water partition coefficient (Wildman–Crippen LogP) is -0.681. The number of primary amides is 1. The van der Waals surface area contributed by atoms with Gasteiger partial charge in [-0.25, -0.2) is 4.79 Å². The number of amides is 3. The molecule has 6 nitrogen and oxygen atoms in total. The molecule has 1 saturated carbocycles. The van der Waals surface area contributed by atoms with Gasteiger partial charge < -0.3 is 16.2 Å². The number of hydrogen-bond acceptors (Lipinski definition) is 4. The van der Waals surface area contributed by atoms with Crippen LogP contribution in [0.2, 0.25) is 0 Å². The highest BCUT2D eigenvalue weighted by Crippen LogP contribution is 2.40. The molecule has 0 heterocycles. The molecular weight excluding hydrogens is 210 g/mol. The summed E-state index contributed by atoms with van der Waals surface area (Å²) in [5, 5.41) is 14.6. The molecule has 1 aliphatic rings. The maximum absolute atomic E-state index is 11.4. The lowest BCUT2D eigenvalue weighted by atomic mass is 9.64. The minimum atomic E-state index is -0.855. The van der Waals surface area contributed by atoms with Crippen LogP contribution in [0.4, 0.5) is 4.79 Å². The molecule has 6 heteroatoms. The number of carbonyl (C=O) groups is 2. The van der Waals surface area contributed by atoms with Crippen molar-refractivity contribution < 1.29 is 14.7 Å². The van der Waals surface area contributed by atoms with Gasteiger partial charge in [0.1, 0.15) is 0 Å². The lowest BCUT2D eigenvalue weighted by Crippen LogP contribution is -2.63. The van der Waals surface area contributed by atoms with Crippen molar-refractivity contribution in [3.63, 3.8) is 0 Å². The van der Waals surface area contributed by atoms with Crippen LogP contribution in [0.15, 0.2) is 0 Å². The van der Waals surface area contributed by atoms with Crippen LogP contribution in [0.3, 0.4) is 0 Å². The first-order valence-electron chi connectivity index (χ1n) is 5.29. The summed E-state index contributed by atoms with van der Waals surface area (Å²) in [4.78, 5) is 21.9. The second kappa shape index (κ2) is 4.39. The van der Waals surface area contributed by atoms with Crippen molar-refractivity contribution in [3.05, 3.63) is 0 Å². The Hall–Kier alpha value is -1.14. The normalized spacial score (nSPS) is 29.0. The number of rotatable bonds is 3. The first-order valence-corrected chi connectivity index (χ1v) is 5.29. The molecule has 0 spiro atoms. The first kappa shape index (κ1) is 12.9. The molecule has 0 aliphatic heterocycles. The highest BCUT2D eigenvalue weighted by molar-refractivity contribution is 5.96. The molecule has 3 unspecified atom stereocenters. The molecule has 1 rings (SSSR count). The third-order valence-corrected chi connectivity index (χ3v) is 3.31. The van der Waals surface area contributed by atoms with Crippen molar-refractivity contribution in [1.82, 2.24) is 10.6 Å². The van der Waals surface area contributed by atoms with E-state index in [2.05, 4.69) is 5.32 Å². The smallest absolute Gasteiger partial charge is 0.318 e. The van der Waals surface area contributed by atoms with Crippen molar-refractivity contribution in [2.45, 2.75) is 45.4 Å². The molecule has 3 atom stereocenters. The summed E-state index contributed by atoms with van der Waals surface area (Å²) in [7, 11) is 0. The van der Waals surface area contributed by atoms with Gasteiger partial charge in [-0.2, -0.15) is 0 Å². The molecule has 16 heavy (non-hydrogen) atoms. The van der Waals surface area contributed by atoms with E-state index in [0.717, 1.165) is 0 Å². The Morgan fingerprint density at radius 1 is 1.50 bits per heavy atom. The van der Waals surface area contributed by atoms with E-state index in [1.54, 1.807) is 6.92 Å². The molecule has 0 saturated heterocycles. The zero-order valence-corrected chi connectivity index (χ0v) is 9.78. The number of nitrogens with two attached hydrogens (primary N) is 1. The molecule has 0 bridgehead atoms. The maximum Gasteiger partial charge on any atom is 0.318 e. The minimum absolute atomic E-state index is 0.0659. The van der Waals surface area contributed by atoms with Crippen molar-refractivity contribution >= 4 is 11.9 Å². The Labute approximate surface area is 94.6 Å². The fourth-order valence-corrected chi connectivity index (χ4v) is 1.79. The van der Waals surface area contributed by atoms with Gasteiger partial charge in [0, 0.05) is 11.5 Å². The second-order valence-corrected chi connectivity index (χ2v) is 4.87. The average Bonchev–Trinajstić information content (AvgIpc) is 2.16. The fourth-order valence-electron chi connectivity index (χ4n) is 1.79. The number of aliphatic hydroxyl groups is 1. The number of nitrogens with one attached hydrogen (secondary N) is 2. The second-order valence-electron chi connectivity index (χ2n) is 4.87. The molecule has 5 N–H and O–H groups in total. The maximum atomic E-state index is 11.4. The van der Waals surface area contributed by atoms with Crippen LogP contribution in [0.1, 0.15) is 27.2 Å². The van der Waals surface area contributed by atoms with E-state index in [9.17, 15) is 14.7 Å². The predicted molar refractivity (Wildman–Crippen MR) is 58.5 cm³/mol. The van der Waals surface area contributed by atoms with Crippen molar-refractivity contribution in [2.75, 3.05) is 0 Å².